The first kappa shape index (κ1) is 21.1. The van der Waals surface area contributed by atoms with Gasteiger partial charge in [-0.15, -0.1) is 0 Å². The number of nitro groups is 1. The zero-order chi connectivity index (χ0) is 21.1. The minimum atomic E-state index is -1.10. The van der Waals surface area contributed by atoms with Gasteiger partial charge in [-0.3, -0.25) is 19.7 Å². The predicted octanol–water partition coefficient (Wildman–Crippen LogP) is 1.24. The van der Waals surface area contributed by atoms with Crippen molar-refractivity contribution >= 4 is 17.6 Å². The molecule has 11 nitrogen and oxygen atoms in total. The van der Waals surface area contributed by atoms with E-state index in [1.807, 2.05) is 0 Å². The fourth-order valence-electron chi connectivity index (χ4n) is 3.39. The summed E-state index contributed by atoms with van der Waals surface area (Å²) < 4.78 is 33.2. The molecular formula is C18H21NO10. The number of hydrogen-bond acceptors (Lipinski definition) is 10. The molecule has 1 unspecified atom stereocenters. The highest BCUT2D eigenvalue weighted by Gasteiger charge is 2.54. The molecule has 2 aliphatic heterocycles. The molecule has 0 saturated carbocycles. The van der Waals surface area contributed by atoms with E-state index in [4.69, 9.17) is 28.4 Å². The zero-order valence-electron chi connectivity index (χ0n) is 16.0. The summed E-state index contributed by atoms with van der Waals surface area (Å²) in [5.74, 6) is -1.25. The van der Waals surface area contributed by atoms with Crippen LogP contribution in [-0.2, 0) is 38.0 Å². The van der Waals surface area contributed by atoms with Crippen LogP contribution in [0.25, 0.3) is 0 Å². The molecule has 1 aromatic rings. The third kappa shape index (κ3) is 4.53. The number of benzene rings is 1. The van der Waals surface area contributed by atoms with Gasteiger partial charge in [0.25, 0.3) is 5.69 Å². The van der Waals surface area contributed by atoms with E-state index < -0.39 is 53.9 Å². The number of rotatable bonds is 5. The lowest BCUT2D eigenvalue weighted by Crippen LogP contribution is -2.64. The van der Waals surface area contributed by atoms with Crippen LogP contribution < -0.4 is 0 Å². The van der Waals surface area contributed by atoms with E-state index in [1.165, 1.54) is 39.2 Å². The van der Waals surface area contributed by atoms with Crippen molar-refractivity contribution < 1.29 is 42.9 Å². The van der Waals surface area contributed by atoms with Crippen molar-refractivity contribution in [3.05, 3.63) is 39.9 Å². The number of para-hydroxylation sites is 1. The van der Waals surface area contributed by atoms with Crippen LogP contribution in [-0.4, -0.2) is 61.3 Å². The highest BCUT2D eigenvalue weighted by atomic mass is 16.8. The quantitative estimate of drug-likeness (QED) is 0.396. The van der Waals surface area contributed by atoms with E-state index >= 15 is 0 Å². The number of esters is 2. The third-order valence-corrected chi connectivity index (χ3v) is 4.51. The van der Waals surface area contributed by atoms with Crippen molar-refractivity contribution in [1.82, 2.24) is 0 Å². The van der Waals surface area contributed by atoms with Crippen molar-refractivity contribution in [3.8, 4) is 0 Å². The molecule has 0 N–H and O–H groups in total. The predicted molar refractivity (Wildman–Crippen MR) is 93.4 cm³/mol. The normalized spacial score (nSPS) is 31.4. The summed E-state index contributed by atoms with van der Waals surface area (Å²) in [4.78, 5) is 34.0. The van der Waals surface area contributed by atoms with Crippen molar-refractivity contribution in [2.45, 2.75) is 50.8 Å². The van der Waals surface area contributed by atoms with E-state index in [-0.39, 0.29) is 17.9 Å². The van der Waals surface area contributed by atoms with Gasteiger partial charge in [-0.25, -0.2) is 0 Å². The van der Waals surface area contributed by atoms with Crippen molar-refractivity contribution in [2.75, 3.05) is 13.7 Å². The van der Waals surface area contributed by atoms with Gasteiger partial charge in [-0.05, 0) is 6.07 Å². The first-order valence-corrected chi connectivity index (χ1v) is 8.85. The summed E-state index contributed by atoms with van der Waals surface area (Å²) in [5.41, 5.74) is 0.0263. The molecule has 0 spiro atoms. The number of methoxy groups -OCH3 is 1. The lowest BCUT2D eigenvalue weighted by molar-refractivity contribution is -0.391. The average molecular weight is 411 g/mol. The summed E-state index contributed by atoms with van der Waals surface area (Å²) in [7, 11) is 1.35. The highest BCUT2D eigenvalue weighted by Crippen LogP contribution is 2.38. The van der Waals surface area contributed by atoms with Crippen LogP contribution in [0, 0.1) is 10.1 Å². The lowest BCUT2D eigenvalue weighted by atomic mass is 9.97. The maximum absolute atomic E-state index is 11.7. The van der Waals surface area contributed by atoms with Crippen LogP contribution in [0.4, 0.5) is 5.69 Å². The molecule has 0 amide bonds. The maximum Gasteiger partial charge on any atom is 0.303 e. The van der Waals surface area contributed by atoms with Gasteiger partial charge in [0.2, 0.25) is 0 Å². The van der Waals surface area contributed by atoms with Gasteiger partial charge in [0, 0.05) is 27.0 Å². The van der Waals surface area contributed by atoms with Crippen molar-refractivity contribution in [1.29, 1.82) is 0 Å². The Kier molecular flexibility index (Phi) is 6.42. The number of ether oxygens (including phenoxy) is 6. The number of carbonyl (C=O) groups is 2. The molecule has 29 heavy (non-hydrogen) atoms. The first-order chi connectivity index (χ1) is 13.8. The fourth-order valence-corrected chi connectivity index (χ4v) is 3.39. The second-order valence-corrected chi connectivity index (χ2v) is 6.51. The highest BCUT2D eigenvalue weighted by molar-refractivity contribution is 5.67. The Balaban J connectivity index is 1.91. The molecule has 2 aliphatic rings. The SMILES string of the molecule is CO[C@H]1O[C@@H]2COC(c3ccccc3[N+](=O)[O-])O[C@H]2[C@H](OC(C)=O)[C@@H]1OC(C)=O. The van der Waals surface area contributed by atoms with Crippen LogP contribution in [0.5, 0.6) is 0 Å². The Hall–Kier alpha value is -2.60. The monoisotopic (exact) mass is 411 g/mol. The average Bonchev–Trinajstić information content (AvgIpc) is 2.68. The van der Waals surface area contributed by atoms with Crippen LogP contribution in [0.15, 0.2) is 24.3 Å². The molecule has 6 atom stereocenters. The molecule has 3 rings (SSSR count). The number of hydrogen-bond donors (Lipinski definition) is 0. The maximum atomic E-state index is 11.7. The Labute approximate surface area is 165 Å². The van der Waals surface area contributed by atoms with Gasteiger partial charge in [-0.1, -0.05) is 12.1 Å². The Morgan fingerprint density at radius 3 is 2.38 bits per heavy atom. The number of fused-ring (bicyclic) bond motifs is 1. The summed E-state index contributed by atoms with van der Waals surface area (Å²) >= 11 is 0. The van der Waals surface area contributed by atoms with Crippen molar-refractivity contribution in [2.24, 2.45) is 0 Å². The molecular weight excluding hydrogens is 390 g/mol. The molecule has 1 aromatic carbocycles. The molecule has 2 fully saturated rings. The van der Waals surface area contributed by atoms with Crippen LogP contribution >= 0.6 is 0 Å². The molecule has 0 aromatic heterocycles. The van der Waals surface area contributed by atoms with Gasteiger partial charge in [0.05, 0.1) is 17.1 Å². The van der Waals surface area contributed by atoms with Gasteiger partial charge >= 0.3 is 11.9 Å². The Bertz CT molecular complexity index is 784. The Morgan fingerprint density at radius 1 is 1.10 bits per heavy atom. The minimum Gasteiger partial charge on any atom is -0.455 e. The number of nitro benzene ring substituents is 1. The molecule has 2 heterocycles. The van der Waals surface area contributed by atoms with Crippen LogP contribution in [0.2, 0.25) is 0 Å². The second kappa shape index (κ2) is 8.82. The Morgan fingerprint density at radius 2 is 1.76 bits per heavy atom. The van der Waals surface area contributed by atoms with Gasteiger partial charge in [0.15, 0.2) is 24.8 Å². The molecule has 0 bridgehead atoms. The fraction of sp³-hybridized carbons (Fsp3) is 0.556. The van der Waals surface area contributed by atoms with Crippen molar-refractivity contribution in [3.63, 3.8) is 0 Å². The summed E-state index contributed by atoms with van der Waals surface area (Å²) in [6, 6.07) is 5.98. The number of nitrogens with zero attached hydrogens (tertiary/aromatic N) is 1. The lowest BCUT2D eigenvalue weighted by Gasteiger charge is -2.47. The molecule has 2 saturated heterocycles. The van der Waals surface area contributed by atoms with Gasteiger partial charge in [-0.2, -0.15) is 0 Å². The van der Waals surface area contributed by atoms with E-state index in [2.05, 4.69) is 0 Å². The second-order valence-electron chi connectivity index (χ2n) is 6.51. The van der Waals surface area contributed by atoms with E-state index in [0.29, 0.717) is 0 Å². The standard InChI is InChI=1S/C18H21NO10/c1-9(20)26-15-14-13(28-18(24-3)16(15)27-10(2)21)8-25-17(29-14)11-6-4-5-7-12(11)19(22)23/h4-7,13-18H,8H2,1-3H3/t13-,14-,15+,16+,17?,18+/m1/s1. The molecule has 158 valence electrons. The van der Waals surface area contributed by atoms with Crippen LogP contribution in [0.1, 0.15) is 25.7 Å². The van der Waals surface area contributed by atoms with Gasteiger partial charge < -0.3 is 28.4 Å². The summed E-state index contributed by atoms with van der Waals surface area (Å²) in [5, 5.41) is 11.3. The van der Waals surface area contributed by atoms with E-state index in [1.54, 1.807) is 6.07 Å². The summed E-state index contributed by atoms with van der Waals surface area (Å²) in [6.07, 6.45) is -5.89. The molecule has 0 aliphatic carbocycles. The molecule has 0 radical (unpaired) electrons. The van der Waals surface area contributed by atoms with E-state index in [9.17, 15) is 19.7 Å². The van der Waals surface area contributed by atoms with E-state index in [0.717, 1.165) is 0 Å². The molecule has 11 heteroatoms. The smallest absolute Gasteiger partial charge is 0.303 e. The largest absolute Gasteiger partial charge is 0.455 e. The third-order valence-electron chi connectivity index (χ3n) is 4.51. The number of carbonyl (C=O) groups excluding carboxylic acids is 2. The zero-order valence-corrected chi connectivity index (χ0v) is 16.0. The first-order valence-electron chi connectivity index (χ1n) is 8.85. The topological polar surface area (TPSA) is 133 Å². The summed E-state index contributed by atoms with van der Waals surface area (Å²) in [6.45, 7) is 2.40. The van der Waals surface area contributed by atoms with Crippen LogP contribution in [0.3, 0.4) is 0 Å². The van der Waals surface area contributed by atoms with Gasteiger partial charge in [0.1, 0.15) is 12.2 Å². The minimum absolute atomic E-state index is 0.00814.